The SMILES string of the molecule is CSN1c2cc3c(cc2B2c4ccccc4Oc4cc(C5CCCCC5)cc1c42)B1c2cc4c(cc2Oc2cc(C5CCCCC5)cc(c21)O3)Nc1cc(C2CCCCC2)cc2c1B4c1ccccc1N2c1ccccc1. The first kappa shape index (κ1) is 45.2. The van der Waals surface area contributed by atoms with E-state index >= 15 is 0 Å². The molecule has 0 aromatic heterocycles. The van der Waals surface area contributed by atoms with Crippen molar-refractivity contribution in [2.24, 2.45) is 0 Å². The van der Waals surface area contributed by atoms with E-state index in [1.54, 1.807) is 11.9 Å². The van der Waals surface area contributed by atoms with E-state index in [-0.39, 0.29) is 20.1 Å². The lowest BCUT2D eigenvalue weighted by Crippen LogP contribution is -2.64. The number of para-hydroxylation sites is 3. The van der Waals surface area contributed by atoms with Crippen molar-refractivity contribution in [3.63, 3.8) is 0 Å². The Morgan fingerprint density at radius 3 is 1.61 bits per heavy atom. The standard InChI is InChI=1S/C67H60B3N3O3S/c1-77-73-56-39-61-52(37-50(56)69-48-27-15-17-29-59(48)74-62-33-44(32-58(73)66(62)69)41-20-8-3-9-21-41)70-51-36-49-53(38-60(51)75-63-34-45(35-64(76-61)67(63)70)42-22-10-4-11-23-42)71-54-30-43(40-18-6-2-7-19-40)31-57-65(54)68(49)47-26-14-16-28-55(47)72(57)46-24-12-5-13-25-46/h5,12-17,24-42,71H,2-4,6-11,18-23H2,1H3. The van der Waals surface area contributed by atoms with E-state index in [2.05, 4.69) is 160 Å². The van der Waals surface area contributed by atoms with Gasteiger partial charge in [0.15, 0.2) is 0 Å². The Bertz CT molecular complexity index is 3770. The maximum Gasteiger partial charge on any atom is 0.260 e. The van der Waals surface area contributed by atoms with Crippen LogP contribution in [0.1, 0.15) is 131 Å². The van der Waals surface area contributed by atoms with Crippen LogP contribution in [0.3, 0.4) is 0 Å². The number of nitrogens with one attached hydrogen (secondary N) is 1. The molecular weight excluding hydrogens is 959 g/mol. The molecule has 10 heteroatoms. The molecule has 1 N–H and O–H groups in total. The van der Waals surface area contributed by atoms with Crippen LogP contribution in [0, 0.1) is 0 Å². The summed E-state index contributed by atoms with van der Waals surface area (Å²) in [5.41, 5.74) is 24.0. The molecule has 3 saturated carbocycles. The van der Waals surface area contributed by atoms with Gasteiger partial charge in [-0.25, -0.2) is 0 Å². The minimum absolute atomic E-state index is 0.00429. The number of hydrogen-bond acceptors (Lipinski definition) is 7. The molecule has 3 fully saturated rings. The lowest BCUT2D eigenvalue weighted by atomic mass is 9.30. The summed E-state index contributed by atoms with van der Waals surface area (Å²) in [6.07, 6.45) is 21.3. The Hall–Kier alpha value is -6.90. The van der Waals surface area contributed by atoms with Gasteiger partial charge in [0, 0.05) is 52.3 Å². The summed E-state index contributed by atoms with van der Waals surface area (Å²) in [5, 5.41) is 4.15. The topological polar surface area (TPSA) is 46.2 Å². The Morgan fingerprint density at radius 2 is 0.922 bits per heavy atom. The number of ether oxygens (including phenoxy) is 3. The van der Waals surface area contributed by atoms with Gasteiger partial charge < -0.3 is 24.4 Å². The van der Waals surface area contributed by atoms with E-state index in [1.807, 2.05) is 0 Å². The van der Waals surface area contributed by atoms with Gasteiger partial charge in [-0.1, -0.05) is 125 Å². The van der Waals surface area contributed by atoms with Crippen LogP contribution >= 0.6 is 11.9 Å². The summed E-state index contributed by atoms with van der Waals surface area (Å²) in [6.45, 7) is -0.113. The van der Waals surface area contributed by atoms with E-state index < -0.39 is 0 Å². The largest absolute Gasteiger partial charge is 0.458 e. The molecule has 3 aliphatic carbocycles. The third-order valence-electron chi connectivity index (χ3n) is 19.7. The minimum atomic E-state index is -0.120. The molecule has 6 aliphatic heterocycles. The van der Waals surface area contributed by atoms with E-state index in [4.69, 9.17) is 14.2 Å². The smallest absolute Gasteiger partial charge is 0.260 e. The monoisotopic (exact) mass is 1020 g/mol. The summed E-state index contributed by atoms with van der Waals surface area (Å²) in [7, 11) is 0. The van der Waals surface area contributed by atoms with Crippen molar-refractivity contribution in [2.75, 3.05) is 20.8 Å². The Morgan fingerprint density at radius 1 is 0.390 bits per heavy atom. The molecule has 77 heavy (non-hydrogen) atoms. The second kappa shape index (κ2) is 17.6. The molecule has 0 unspecified atom stereocenters. The zero-order chi connectivity index (χ0) is 50.5. The molecule has 17 rings (SSSR count). The lowest BCUT2D eigenvalue weighted by molar-refractivity contribution is 0.433. The van der Waals surface area contributed by atoms with Crippen LogP contribution in [0.2, 0.25) is 0 Å². The predicted molar refractivity (Wildman–Crippen MR) is 324 cm³/mol. The Kier molecular flexibility index (Phi) is 10.3. The average Bonchev–Trinajstić information content (AvgIpc) is 3.68. The van der Waals surface area contributed by atoms with Crippen molar-refractivity contribution >= 4 is 121 Å². The highest BCUT2D eigenvalue weighted by molar-refractivity contribution is 8.00. The number of nitrogens with zero attached hydrogens (tertiary/aromatic N) is 2. The Labute approximate surface area is 458 Å². The normalized spacial score (nSPS) is 18.4. The number of hydrogen-bond donors (Lipinski definition) is 1. The fraction of sp³-hybridized carbons (Fsp3) is 0.284. The van der Waals surface area contributed by atoms with E-state index in [0.717, 1.165) is 45.6 Å². The molecule has 0 spiro atoms. The van der Waals surface area contributed by atoms with Gasteiger partial charge in [-0.2, -0.15) is 0 Å². The predicted octanol–water partition coefficient (Wildman–Crippen LogP) is 12.3. The van der Waals surface area contributed by atoms with Crippen molar-refractivity contribution in [3.8, 4) is 34.5 Å². The van der Waals surface area contributed by atoms with Gasteiger partial charge in [0.1, 0.15) is 34.5 Å². The van der Waals surface area contributed by atoms with Gasteiger partial charge in [-0.15, -0.1) is 0 Å². The number of rotatable bonds is 5. The number of benzene rings is 8. The highest BCUT2D eigenvalue weighted by Gasteiger charge is 2.49. The van der Waals surface area contributed by atoms with Crippen LogP contribution < -0.4 is 77.9 Å². The summed E-state index contributed by atoms with van der Waals surface area (Å²) in [6, 6.07) is 53.7. The molecule has 0 bridgehead atoms. The average molecular weight is 1020 g/mol. The van der Waals surface area contributed by atoms with Crippen molar-refractivity contribution in [1.29, 1.82) is 0 Å². The Balaban J connectivity index is 0.878. The first-order valence-electron chi connectivity index (χ1n) is 29.2. The van der Waals surface area contributed by atoms with Crippen molar-refractivity contribution in [1.82, 2.24) is 0 Å². The molecule has 6 heterocycles. The van der Waals surface area contributed by atoms with Crippen molar-refractivity contribution in [3.05, 3.63) is 156 Å². The maximum atomic E-state index is 7.44. The molecule has 0 atom stereocenters. The van der Waals surface area contributed by atoms with Crippen LogP contribution in [-0.4, -0.2) is 26.4 Å². The fourth-order valence-corrected chi connectivity index (χ4v) is 16.8. The number of anilines is 7. The molecule has 0 saturated heterocycles. The third-order valence-corrected chi connectivity index (χ3v) is 20.4. The summed E-state index contributed by atoms with van der Waals surface area (Å²) < 4.78 is 24.4. The van der Waals surface area contributed by atoms with E-state index in [1.165, 1.54) is 191 Å². The fourth-order valence-electron chi connectivity index (χ4n) is 16.1. The van der Waals surface area contributed by atoms with Gasteiger partial charge in [0.25, 0.3) is 20.1 Å². The molecule has 0 amide bonds. The zero-order valence-corrected chi connectivity index (χ0v) is 44.7. The summed E-state index contributed by atoms with van der Waals surface area (Å²) in [5.74, 6) is 7.29. The van der Waals surface area contributed by atoms with Crippen LogP contribution in [0.15, 0.2) is 140 Å². The first-order valence-corrected chi connectivity index (χ1v) is 30.4. The molecular formula is C67H60B3N3O3S. The summed E-state index contributed by atoms with van der Waals surface area (Å²) >= 11 is 1.79. The van der Waals surface area contributed by atoms with E-state index in [0.29, 0.717) is 17.8 Å². The zero-order valence-electron chi connectivity index (χ0n) is 43.9. The van der Waals surface area contributed by atoms with Crippen LogP contribution in [0.5, 0.6) is 34.5 Å². The van der Waals surface area contributed by atoms with Crippen LogP contribution in [-0.2, 0) is 0 Å². The molecule has 376 valence electrons. The molecule has 6 nitrogen and oxygen atoms in total. The third kappa shape index (κ3) is 6.85. The van der Waals surface area contributed by atoms with E-state index in [9.17, 15) is 0 Å². The maximum absolute atomic E-state index is 7.44. The lowest BCUT2D eigenvalue weighted by Gasteiger charge is -2.43. The number of fused-ring (bicyclic) bond motifs is 12. The van der Waals surface area contributed by atoms with Crippen LogP contribution in [0.4, 0.5) is 39.8 Å². The second-order valence-electron chi connectivity index (χ2n) is 23.8. The quantitative estimate of drug-likeness (QED) is 0.136. The molecule has 8 aromatic rings. The highest BCUT2D eigenvalue weighted by atomic mass is 32.2. The molecule has 9 aliphatic rings. The highest BCUT2D eigenvalue weighted by Crippen LogP contribution is 2.48. The second-order valence-corrected chi connectivity index (χ2v) is 24.5. The van der Waals surface area contributed by atoms with Gasteiger partial charge in [0.2, 0.25) is 0 Å². The molecule has 8 aromatic carbocycles. The first-order chi connectivity index (χ1) is 38.1. The van der Waals surface area contributed by atoms with Crippen molar-refractivity contribution < 1.29 is 14.2 Å². The van der Waals surface area contributed by atoms with Gasteiger partial charge in [-0.05, 0) is 189 Å². The minimum Gasteiger partial charge on any atom is -0.458 e. The van der Waals surface area contributed by atoms with Gasteiger partial charge >= 0.3 is 0 Å². The van der Waals surface area contributed by atoms with Gasteiger partial charge in [-0.3, -0.25) is 4.31 Å². The summed E-state index contributed by atoms with van der Waals surface area (Å²) in [4.78, 5) is 2.54. The molecule has 0 radical (unpaired) electrons. The van der Waals surface area contributed by atoms with Crippen molar-refractivity contribution in [2.45, 2.75) is 114 Å². The van der Waals surface area contributed by atoms with Gasteiger partial charge in [0.05, 0.1) is 11.4 Å². The van der Waals surface area contributed by atoms with Crippen LogP contribution in [0.25, 0.3) is 0 Å².